The zero-order chi connectivity index (χ0) is 14.5. The van der Waals surface area contributed by atoms with Gasteiger partial charge in [0.15, 0.2) is 5.82 Å². The highest BCUT2D eigenvalue weighted by molar-refractivity contribution is 5.72. The Labute approximate surface area is 117 Å². The standard InChI is InChI=1S/C14H17FN4O/c1-3-6-20-14-12(16)13(17-8-18-14)19-11-5-4-9(2)7-10(11)15/h4-5,7-8H,3,6,16H2,1-2H3,(H,17,18,19). The van der Waals surface area contributed by atoms with E-state index in [1.165, 1.54) is 12.4 Å². The Balaban J connectivity index is 2.24. The zero-order valence-electron chi connectivity index (χ0n) is 11.5. The number of aryl methyl sites for hydroxylation is 1. The van der Waals surface area contributed by atoms with Crippen LogP contribution >= 0.6 is 0 Å². The first-order valence-electron chi connectivity index (χ1n) is 6.38. The first-order valence-corrected chi connectivity index (χ1v) is 6.38. The van der Waals surface area contributed by atoms with Crippen LogP contribution in [0.2, 0.25) is 0 Å². The van der Waals surface area contributed by atoms with Crippen molar-refractivity contribution in [2.24, 2.45) is 0 Å². The van der Waals surface area contributed by atoms with E-state index in [1.807, 2.05) is 13.8 Å². The van der Waals surface area contributed by atoms with Gasteiger partial charge in [0, 0.05) is 0 Å². The topological polar surface area (TPSA) is 73.1 Å². The SMILES string of the molecule is CCCOc1ncnc(Nc2ccc(C)cc2F)c1N. The van der Waals surface area contributed by atoms with Gasteiger partial charge in [0.25, 0.3) is 0 Å². The molecule has 0 amide bonds. The lowest BCUT2D eigenvalue weighted by molar-refractivity contribution is 0.307. The molecule has 1 aromatic heterocycles. The predicted molar refractivity (Wildman–Crippen MR) is 76.7 cm³/mol. The molecule has 0 aliphatic carbocycles. The molecule has 20 heavy (non-hydrogen) atoms. The van der Waals surface area contributed by atoms with Gasteiger partial charge in [-0.05, 0) is 31.0 Å². The van der Waals surface area contributed by atoms with E-state index in [1.54, 1.807) is 12.1 Å². The molecule has 106 valence electrons. The molecule has 0 aliphatic heterocycles. The smallest absolute Gasteiger partial charge is 0.242 e. The van der Waals surface area contributed by atoms with Crippen molar-refractivity contribution in [3.05, 3.63) is 35.9 Å². The Kier molecular flexibility index (Phi) is 4.34. The Hall–Kier alpha value is -2.37. The fourth-order valence-electron chi connectivity index (χ4n) is 1.64. The molecule has 0 fully saturated rings. The first-order chi connectivity index (χ1) is 9.61. The molecule has 1 aromatic carbocycles. The Morgan fingerprint density at radius 3 is 2.85 bits per heavy atom. The van der Waals surface area contributed by atoms with E-state index in [0.29, 0.717) is 24.0 Å². The lowest BCUT2D eigenvalue weighted by atomic mass is 10.2. The van der Waals surface area contributed by atoms with Gasteiger partial charge in [-0.2, -0.15) is 4.98 Å². The third kappa shape index (κ3) is 3.14. The number of ether oxygens (including phenoxy) is 1. The molecule has 0 unspecified atom stereocenters. The Morgan fingerprint density at radius 2 is 2.15 bits per heavy atom. The van der Waals surface area contributed by atoms with Gasteiger partial charge >= 0.3 is 0 Å². The zero-order valence-corrected chi connectivity index (χ0v) is 11.5. The Morgan fingerprint density at radius 1 is 1.35 bits per heavy atom. The molecule has 0 saturated carbocycles. The first kappa shape index (κ1) is 14.0. The molecule has 5 nitrogen and oxygen atoms in total. The number of rotatable bonds is 5. The second kappa shape index (κ2) is 6.18. The van der Waals surface area contributed by atoms with Crippen LogP contribution in [0.1, 0.15) is 18.9 Å². The number of hydrogen-bond acceptors (Lipinski definition) is 5. The van der Waals surface area contributed by atoms with Gasteiger partial charge in [-0.3, -0.25) is 0 Å². The minimum Gasteiger partial charge on any atom is -0.476 e. The van der Waals surface area contributed by atoms with Crippen molar-refractivity contribution in [2.75, 3.05) is 17.7 Å². The summed E-state index contributed by atoms with van der Waals surface area (Å²) in [5.74, 6) is 0.268. The summed E-state index contributed by atoms with van der Waals surface area (Å²) in [4.78, 5) is 7.97. The van der Waals surface area contributed by atoms with Gasteiger partial charge < -0.3 is 15.8 Å². The van der Waals surface area contributed by atoms with Crippen molar-refractivity contribution < 1.29 is 9.13 Å². The molecule has 2 rings (SSSR count). The van der Waals surface area contributed by atoms with Crippen LogP contribution in [-0.2, 0) is 0 Å². The second-order valence-corrected chi connectivity index (χ2v) is 4.40. The highest BCUT2D eigenvalue weighted by Gasteiger charge is 2.11. The van der Waals surface area contributed by atoms with Crippen LogP contribution < -0.4 is 15.8 Å². The maximum Gasteiger partial charge on any atom is 0.242 e. The number of nitrogen functional groups attached to an aromatic ring is 1. The quantitative estimate of drug-likeness (QED) is 0.878. The third-order valence-electron chi connectivity index (χ3n) is 2.67. The van der Waals surface area contributed by atoms with Gasteiger partial charge in [-0.15, -0.1) is 0 Å². The average molecular weight is 276 g/mol. The molecule has 0 spiro atoms. The van der Waals surface area contributed by atoms with Crippen molar-refractivity contribution in [2.45, 2.75) is 20.3 Å². The number of halogens is 1. The molecule has 1 heterocycles. The Bertz CT molecular complexity index is 604. The van der Waals surface area contributed by atoms with Gasteiger partial charge in [-0.1, -0.05) is 13.0 Å². The minimum atomic E-state index is -0.362. The van der Waals surface area contributed by atoms with Crippen LogP contribution in [0.3, 0.4) is 0 Å². The molecular formula is C14H17FN4O. The number of aromatic nitrogens is 2. The molecule has 0 saturated heterocycles. The summed E-state index contributed by atoms with van der Waals surface area (Å²) in [6.07, 6.45) is 2.18. The van der Waals surface area contributed by atoms with Crippen molar-refractivity contribution in [3.8, 4) is 5.88 Å². The van der Waals surface area contributed by atoms with Gasteiger partial charge in [0.05, 0.1) is 12.3 Å². The number of benzene rings is 1. The third-order valence-corrected chi connectivity index (χ3v) is 2.67. The fourth-order valence-corrected chi connectivity index (χ4v) is 1.64. The summed E-state index contributed by atoms with van der Waals surface area (Å²) < 4.78 is 19.2. The van der Waals surface area contributed by atoms with E-state index < -0.39 is 0 Å². The normalized spacial score (nSPS) is 10.3. The van der Waals surface area contributed by atoms with Crippen molar-refractivity contribution >= 4 is 17.2 Å². The molecule has 0 atom stereocenters. The van der Waals surface area contributed by atoms with E-state index >= 15 is 0 Å². The van der Waals surface area contributed by atoms with E-state index in [9.17, 15) is 4.39 Å². The molecule has 0 bridgehead atoms. The molecule has 0 radical (unpaired) electrons. The number of anilines is 3. The van der Waals surface area contributed by atoms with Gasteiger partial charge in [0.2, 0.25) is 5.88 Å². The summed E-state index contributed by atoms with van der Waals surface area (Å²) in [7, 11) is 0. The maximum atomic E-state index is 13.8. The van der Waals surface area contributed by atoms with E-state index in [0.717, 1.165) is 12.0 Å². The van der Waals surface area contributed by atoms with E-state index in [4.69, 9.17) is 10.5 Å². The van der Waals surface area contributed by atoms with Crippen LogP contribution in [0.4, 0.5) is 21.6 Å². The van der Waals surface area contributed by atoms with Crippen molar-refractivity contribution in [1.29, 1.82) is 0 Å². The second-order valence-electron chi connectivity index (χ2n) is 4.40. The number of nitrogens with one attached hydrogen (secondary N) is 1. The monoisotopic (exact) mass is 276 g/mol. The van der Waals surface area contributed by atoms with Crippen LogP contribution in [0.15, 0.2) is 24.5 Å². The minimum absolute atomic E-state index is 0.265. The molecule has 6 heteroatoms. The molecule has 3 N–H and O–H groups in total. The molecule has 2 aromatic rings. The maximum absolute atomic E-state index is 13.8. The van der Waals surface area contributed by atoms with E-state index in [2.05, 4.69) is 15.3 Å². The summed E-state index contributed by atoms with van der Waals surface area (Å²) in [5.41, 5.74) is 7.33. The number of nitrogens with two attached hydrogens (primary N) is 1. The van der Waals surface area contributed by atoms with Crippen molar-refractivity contribution in [1.82, 2.24) is 9.97 Å². The summed E-state index contributed by atoms with van der Waals surface area (Å²) in [6.45, 7) is 4.32. The average Bonchev–Trinajstić information content (AvgIpc) is 2.42. The van der Waals surface area contributed by atoms with Crippen LogP contribution in [-0.4, -0.2) is 16.6 Å². The van der Waals surface area contributed by atoms with Gasteiger partial charge in [-0.25, -0.2) is 9.37 Å². The summed E-state index contributed by atoms with van der Waals surface area (Å²) >= 11 is 0. The van der Waals surface area contributed by atoms with Crippen LogP contribution in [0.5, 0.6) is 5.88 Å². The lowest BCUT2D eigenvalue weighted by Crippen LogP contribution is -2.06. The lowest BCUT2D eigenvalue weighted by Gasteiger charge is -2.12. The largest absolute Gasteiger partial charge is 0.476 e. The highest BCUT2D eigenvalue weighted by Crippen LogP contribution is 2.28. The van der Waals surface area contributed by atoms with E-state index in [-0.39, 0.29) is 11.5 Å². The summed E-state index contributed by atoms with van der Waals surface area (Å²) in [5, 5.41) is 2.85. The number of nitrogens with zero attached hydrogens (tertiary/aromatic N) is 2. The van der Waals surface area contributed by atoms with Crippen molar-refractivity contribution in [3.63, 3.8) is 0 Å². The fraction of sp³-hybridized carbons (Fsp3) is 0.286. The van der Waals surface area contributed by atoms with Crippen LogP contribution in [0, 0.1) is 12.7 Å². The predicted octanol–water partition coefficient (Wildman–Crippen LogP) is 3.04. The molecular weight excluding hydrogens is 259 g/mol. The number of hydrogen-bond donors (Lipinski definition) is 2. The highest BCUT2D eigenvalue weighted by atomic mass is 19.1. The summed E-state index contributed by atoms with van der Waals surface area (Å²) in [6, 6.07) is 4.88. The molecule has 0 aliphatic rings. The van der Waals surface area contributed by atoms with Crippen LogP contribution in [0.25, 0.3) is 0 Å². The van der Waals surface area contributed by atoms with Gasteiger partial charge in [0.1, 0.15) is 17.8 Å².